The Kier molecular flexibility index (Phi) is 6.82. The van der Waals surface area contributed by atoms with E-state index < -0.39 is 0 Å². The molecule has 2 amide bonds. The molecule has 3 rings (SSSR count). The van der Waals surface area contributed by atoms with Crippen LogP contribution in [0.25, 0.3) is 0 Å². The summed E-state index contributed by atoms with van der Waals surface area (Å²) in [6.45, 7) is 4.27. The Labute approximate surface area is 170 Å². The zero-order chi connectivity index (χ0) is 20.8. The summed E-state index contributed by atoms with van der Waals surface area (Å²) in [6.07, 6.45) is 0. The fourth-order valence-electron chi connectivity index (χ4n) is 3.39. The number of benzene rings is 2. The lowest BCUT2D eigenvalue weighted by molar-refractivity contribution is -0.126. The number of rotatable bonds is 6. The van der Waals surface area contributed by atoms with E-state index in [0.29, 0.717) is 43.1 Å². The molecule has 1 saturated heterocycles. The Hall–Kier alpha value is -2.93. The number of amides is 2. The van der Waals surface area contributed by atoms with E-state index in [-0.39, 0.29) is 30.2 Å². The lowest BCUT2D eigenvalue weighted by Crippen LogP contribution is -2.54. The molecule has 0 aromatic heterocycles. The Balaban J connectivity index is 1.51. The molecule has 0 spiro atoms. The molecule has 29 heavy (non-hydrogen) atoms. The van der Waals surface area contributed by atoms with Crippen molar-refractivity contribution in [1.29, 1.82) is 0 Å². The van der Waals surface area contributed by atoms with Crippen LogP contribution in [0.4, 0.5) is 4.39 Å². The zero-order valence-electron chi connectivity index (χ0n) is 16.7. The summed E-state index contributed by atoms with van der Waals surface area (Å²) < 4.78 is 18.9. The third-order valence-corrected chi connectivity index (χ3v) is 5.26. The second-order valence-electron chi connectivity index (χ2n) is 7.05. The zero-order valence-corrected chi connectivity index (χ0v) is 16.7. The van der Waals surface area contributed by atoms with Crippen LogP contribution in [0.5, 0.6) is 5.75 Å². The first-order valence-electron chi connectivity index (χ1n) is 9.68. The minimum Gasteiger partial charge on any atom is -0.497 e. The summed E-state index contributed by atoms with van der Waals surface area (Å²) in [5, 5.41) is 2.79. The minimum absolute atomic E-state index is 0.0415. The van der Waals surface area contributed by atoms with Crippen LogP contribution in [0.15, 0.2) is 48.5 Å². The highest BCUT2D eigenvalue weighted by Gasteiger charge is 2.28. The van der Waals surface area contributed by atoms with Gasteiger partial charge in [-0.2, -0.15) is 0 Å². The summed E-state index contributed by atoms with van der Waals surface area (Å²) in [7, 11) is 1.57. The molecule has 1 unspecified atom stereocenters. The molecular weight excluding hydrogens is 373 g/mol. The molecule has 154 valence electrons. The van der Waals surface area contributed by atoms with Gasteiger partial charge in [0.25, 0.3) is 5.91 Å². The van der Waals surface area contributed by atoms with Crippen molar-refractivity contribution in [3.63, 3.8) is 0 Å². The Morgan fingerprint density at radius 2 is 1.83 bits per heavy atom. The first kappa shape index (κ1) is 20.8. The average Bonchev–Trinajstić information content (AvgIpc) is 2.77. The summed E-state index contributed by atoms with van der Waals surface area (Å²) >= 11 is 0. The summed E-state index contributed by atoms with van der Waals surface area (Å²) in [4.78, 5) is 29.0. The Bertz CT molecular complexity index is 866. The van der Waals surface area contributed by atoms with Crippen molar-refractivity contribution < 1.29 is 18.7 Å². The number of hydrogen-bond donors (Lipinski definition) is 1. The average molecular weight is 399 g/mol. The second kappa shape index (κ2) is 9.52. The molecule has 6 nitrogen and oxygen atoms in total. The van der Waals surface area contributed by atoms with E-state index in [1.165, 1.54) is 6.07 Å². The number of halogens is 1. The smallest absolute Gasteiger partial charge is 0.254 e. The number of methoxy groups -OCH3 is 1. The van der Waals surface area contributed by atoms with E-state index >= 15 is 0 Å². The molecule has 0 aliphatic carbocycles. The standard InChI is InChI=1S/C22H26FN3O3/c1-16(21(27)24-15-18-6-3-4-9-20(18)23)25-10-12-26(13-11-25)22(28)17-7-5-8-19(14-17)29-2/h3-9,14,16H,10-13,15H2,1-2H3,(H,24,27). The van der Waals surface area contributed by atoms with Crippen molar-refractivity contribution >= 4 is 11.8 Å². The van der Waals surface area contributed by atoms with Crippen LogP contribution < -0.4 is 10.1 Å². The molecule has 1 heterocycles. The molecule has 0 radical (unpaired) electrons. The summed E-state index contributed by atoms with van der Waals surface area (Å²) in [5.74, 6) is 0.126. The van der Waals surface area contributed by atoms with Gasteiger partial charge in [-0.25, -0.2) is 4.39 Å². The van der Waals surface area contributed by atoms with Crippen molar-refractivity contribution in [3.8, 4) is 5.75 Å². The van der Waals surface area contributed by atoms with E-state index in [1.807, 2.05) is 11.8 Å². The number of nitrogens with one attached hydrogen (secondary N) is 1. The first-order valence-corrected chi connectivity index (χ1v) is 9.68. The van der Waals surface area contributed by atoms with Gasteiger partial charge in [0.1, 0.15) is 11.6 Å². The number of hydrogen-bond acceptors (Lipinski definition) is 4. The van der Waals surface area contributed by atoms with Crippen molar-refractivity contribution in [2.45, 2.75) is 19.5 Å². The third kappa shape index (κ3) is 5.12. The van der Waals surface area contributed by atoms with E-state index in [0.717, 1.165) is 0 Å². The van der Waals surface area contributed by atoms with Gasteiger partial charge in [-0.05, 0) is 31.2 Å². The molecule has 0 saturated carbocycles. The minimum atomic E-state index is -0.351. The van der Waals surface area contributed by atoms with Crippen LogP contribution in [-0.2, 0) is 11.3 Å². The van der Waals surface area contributed by atoms with Crippen molar-refractivity contribution in [2.24, 2.45) is 0 Å². The van der Waals surface area contributed by atoms with Crippen molar-refractivity contribution in [2.75, 3.05) is 33.3 Å². The number of carbonyl (C=O) groups excluding carboxylic acids is 2. The predicted octanol–water partition coefficient (Wildman–Crippen LogP) is 2.30. The fraction of sp³-hybridized carbons (Fsp3) is 0.364. The predicted molar refractivity (Wildman–Crippen MR) is 108 cm³/mol. The molecule has 2 aromatic rings. The summed E-state index contributed by atoms with van der Waals surface area (Å²) in [5.41, 5.74) is 1.05. The molecule has 2 aromatic carbocycles. The largest absolute Gasteiger partial charge is 0.497 e. The van der Waals surface area contributed by atoms with Gasteiger partial charge in [0.2, 0.25) is 5.91 Å². The van der Waals surface area contributed by atoms with Crippen molar-refractivity contribution in [1.82, 2.24) is 15.1 Å². The highest BCUT2D eigenvalue weighted by Crippen LogP contribution is 2.16. The van der Waals surface area contributed by atoms with Gasteiger partial charge in [0.15, 0.2) is 0 Å². The van der Waals surface area contributed by atoms with E-state index in [4.69, 9.17) is 4.74 Å². The maximum absolute atomic E-state index is 13.7. The second-order valence-corrected chi connectivity index (χ2v) is 7.05. The molecule has 1 aliphatic heterocycles. The third-order valence-electron chi connectivity index (χ3n) is 5.26. The van der Waals surface area contributed by atoms with E-state index in [2.05, 4.69) is 5.32 Å². The Morgan fingerprint density at radius 3 is 2.52 bits per heavy atom. The molecule has 1 fully saturated rings. The van der Waals surface area contributed by atoms with Crippen LogP contribution in [0.1, 0.15) is 22.8 Å². The number of piperazine rings is 1. The maximum Gasteiger partial charge on any atom is 0.254 e. The molecule has 7 heteroatoms. The van der Waals surface area contributed by atoms with Crippen LogP contribution in [0.3, 0.4) is 0 Å². The normalized spacial score (nSPS) is 15.6. The van der Waals surface area contributed by atoms with Gasteiger partial charge in [-0.15, -0.1) is 0 Å². The van der Waals surface area contributed by atoms with E-state index in [9.17, 15) is 14.0 Å². The molecule has 1 aliphatic rings. The van der Waals surface area contributed by atoms with Gasteiger partial charge in [-0.3, -0.25) is 14.5 Å². The molecule has 1 atom stereocenters. The highest BCUT2D eigenvalue weighted by molar-refractivity contribution is 5.94. The van der Waals surface area contributed by atoms with Crippen LogP contribution in [-0.4, -0.2) is 60.9 Å². The molecule has 1 N–H and O–H groups in total. The summed E-state index contributed by atoms with van der Waals surface area (Å²) in [6, 6.07) is 13.1. The Morgan fingerprint density at radius 1 is 1.10 bits per heavy atom. The number of carbonyl (C=O) groups is 2. The highest BCUT2D eigenvalue weighted by atomic mass is 19.1. The maximum atomic E-state index is 13.7. The molecule has 0 bridgehead atoms. The van der Waals surface area contributed by atoms with Gasteiger partial charge < -0.3 is 15.0 Å². The lowest BCUT2D eigenvalue weighted by atomic mass is 10.1. The number of nitrogens with zero attached hydrogens (tertiary/aromatic N) is 2. The first-order chi connectivity index (χ1) is 14.0. The quantitative estimate of drug-likeness (QED) is 0.810. The van der Waals surface area contributed by atoms with E-state index in [1.54, 1.807) is 54.5 Å². The van der Waals surface area contributed by atoms with Crippen molar-refractivity contribution in [3.05, 3.63) is 65.5 Å². The van der Waals surface area contributed by atoms with Gasteiger partial charge in [0, 0.05) is 43.9 Å². The topological polar surface area (TPSA) is 61.9 Å². The SMILES string of the molecule is COc1cccc(C(=O)N2CCN(C(C)C(=O)NCc3ccccc3F)CC2)c1. The van der Waals surface area contributed by atoms with Crippen LogP contribution in [0, 0.1) is 5.82 Å². The monoisotopic (exact) mass is 399 g/mol. The van der Waals surface area contributed by atoms with Gasteiger partial charge >= 0.3 is 0 Å². The molecular formula is C22H26FN3O3. The van der Waals surface area contributed by atoms with Gasteiger partial charge in [0.05, 0.1) is 13.2 Å². The van der Waals surface area contributed by atoms with Crippen LogP contribution >= 0.6 is 0 Å². The van der Waals surface area contributed by atoms with Crippen LogP contribution in [0.2, 0.25) is 0 Å². The number of ether oxygens (including phenoxy) is 1. The van der Waals surface area contributed by atoms with Gasteiger partial charge in [-0.1, -0.05) is 24.3 Å². The fourth-order valence-corrected chi connectivity index (χ4v) is 3.39. The lowest BCUT2D eigenvalue weighted by Gasteiger charge is -2.37.